The Hall–Kier alpha value is -3.02. The van der Waals surface area contributed by atoms with Gasteiger partial charge in [-0.3, -0.25) is 10.4 Å². The van der Waals surface area contributed by atoms with Gasteiger partial charge in [0.15, 0.2) is 0 Å². The average molecular weight is 295 g/mol. The summed E-state index contributed by atoms with van der Waals surface area (Å²) >= 11 is 0. The molecule has 6 nitrogen and oxygen atoms in total. The lowest BCUT2D eigenvalue weighted by molar-refractivity contribution is 0.257. The summed E-state index contributed by atoms with van der Waals surface area (Å²) in [4.78, 5) is 21.3. The Bertz CT molecular complexity index is 704. The van der Waals surface area contributed by atoms with E-state index in [9.17, 15) is 4.79 Å². The van der Waals surface area contributed by atoms with Crippen molar-refractivity contribution in [3.8, 4) is 0 Å². The van der Waals surface area contributed by atoms with Crippen LogP contribution in [0, 0.1) is 19.3 Å². The van der Waals surface area contributed by atoms with E-state index in [4.69, 9.17) is 11.1 Å². The number of anilines is 1. The normalized spacial score (nSPS) is 10.6. The van der Waals surface area contributed by atoms with Gasteiger partial charge in [0.05, 0.1) is 17.6 Å². The van der Waals surface area contributed by atoms with Crippen molar-refractivity contribution in [2.24, 2.45) is 10.7 Å². The van der Waals surface area contributed by atoms with Gasteiger partial charge >= 0.3 is 6.03 Å². The molecular formula is C16H17N5O. The molecule has 3 N–H and O–H groups in total. The molecule has 22 heavy (non-hydrogen) atoms. The predicted octanol–water partition coefficient (Wildman–Crippen LogP) is 2.64. The lowest BCUT2D eigenvalue weighted by Crippen LogP contribution is -2.40. The highest BCUT2D eigenvalue weighted by molar-refractivity contribution is 6.16. The third-order valence-corrected chi connectivity index (χ3v) is 3.09. The smallest absolute Gasteiger partial charge is 0.355 e. The maximum Gasteiger partial charge on any atom is 0.355 e. The molecule has 0 radical (unpaired) electrons. The number of aliphatic imine (C=N–C) groups is 1. The van der Waals surface area contributed by atoms with Gasteiger partial charge in [-0.05, 0) is 37.1 Å². The Morgan fingerprint density at radius 1 is 1.23 bits per heavy atom. The van der Waals surface area contributed by atoms with Crippen molar-refractivity contribution in [2.45, 2.75) is 13.8 Å². The van der Waals surface area contributed by atoms with Crippen LogP contribution in [0.25, 0.3) is 0 Å². The minimum absolute atomic E-state index is 0.374. The first-order chi connectivity index (χ1) is 10.5. The summed E-state index contributed by atoms with van der Waals surface area (Å²) in [5.74, 6) is -0.374. The van der Waals surface area contributed by atoms with E-state index in [1.165, 1.54) is 6.21 Å². The van der Waals surface area contributed by atoms with Crippen LogP contribution in [0.2, 0.25) is 0 Å². The number of nitrogens with zero attached hydrogens (tertiary/aromatic N) is 3. The monoisotopic (exact) mass is 295 g/mol. The zero-order chi connectivity index (χ0) is 16.1. The summed E-state index contributed by atoms with van der Waals surface area (Å²) in [6.07, 6.45) is 2.96. The quantitative estimate of drug-likeness (QED) is 0.658. The summed E-state index contributed by atoms with van der Waals surface area (Å²) in [6.45, 7) is 3.71. The Kier molecular flexibility index (Phi) is 4.63. The zero-order valence-electron chi connectivity index (χ0n) is 12.4. The molecule has 1 aromatic carbocycles. The molecule has 112 valence electrons. The van der Waals surface area contributed by atoms with Crippen LogP contribution in [0.4, 0.5) is 10.5 Å². The number of urea groups is 1. The van der Waals surface area contributed by atoms with Gasteiger partial charge in [-0.15, -0.1) is 0 Å². The van der Waals surface area contributed by atoms with Crippen molar-refractivity contribution < 1.29 is 4.79 Å². The Labute approximate surface area is 128 Å². The molecule has 0 aliphatic heterocycles. The average Bonchev–Trinajstić information content (AvgIpc) is 2.49. The minimum atomic E-state index is -0.629. The van der Waals surface area contributed by atoms with E-state index in [1.54, 1.807) is 24.4 Å². The van der Waals surface area contributed by atoms with Crippen LogP contribution in [0.15, 0.2) is 47.6 Å². The van der Waals surface area contributed by atoms with Crippen LogP contribution in [0.1, 0.15) is 16.8 Å². The highest BCUT2D eigenvalue weighted by Crippen LogP contribution is 2.24. The van der Waals surface area contributed by atoms with Crippen molar-refractivity contribution in [3.05, 3.63) is 59.4 Å². The number of carbonyl (C=O) groups is 1. The van der Waals surface area contributed by atoms with E-state index in [0.717, 1.165) is 16.0 Å². The molecule has 0 bridgehead atoms. The van der Waals surface area contributed by atoms with Crippen LogP contribution in [-0.4, -0.2) is 23.2 Å². The maximum absolute atomic E-state index is 12.3. The fourth-order valence-corrected chi connectivity index (χ4v) is 2.11. The number of benzene rings is 1. The number of guanidine groups is 1. The van der Waals surface area contributed by atoms with Crippen LogP contribution in [0.5, 0.6) is 0 Å². The van der Waals surface area contributed by atoms with Gasteiger partial charge in [0.2, 0.25) is 5.96 Å². The first kappa shape index (κ1) is 15.4. The van der Waals surface area contributed by atoms with Crippen molar-refractivity contribution in [1.29, 1.82) is 5.41 Å². The van der Waals surface area contributed by atoms with E-state index in [2.05, 4.69) is 9.98 Å². The van der Waals surface area contributed by atoms with Crippen LogP contribution < -0.4 is 10.6 Å². The molecule has 2 amide bonds. The van der Waals surface area contributed by atoms with Gasteiger partial charge in [-0.25, -0.2) is 9.69 Å². The molecule has 6 heteroatoms. The fraction of sp³-hybridized carbons (Fsp3) is 0.125. The first-order valence-electron chi connectivity index (χ1n) is 6.70. The Morgan fingerprint density at radius 2 is 1.91 bits per heavy atom. The topological polar surface area (TPSA) is 95.4 Å². The number of aryl methyl sites for hydroxylation is 2. The highest BCUT2D eigenvalue weighted by Gasteiger charge is 2.21. The largest absolute Gasteiger partial charge is 0.369 e. The van der Waals surface area contributed by atoms with Gasteiger partial charge in [-0.2, -0.15) is 4.99 Å². The second-order valence-electron chi connectivity index (χ2n) is 4.76. The lowest BCUT2D eigenvalue weighted by atomic mass is 10.1. The minimum Gasteiger partial charge on any atom is -0.369 e. The number of carbonyl (C=O) groups excluding carboxylic acids is 1. The summed E-state index contributed by atoms with van der Waals surface area (Å²) in [5.41, 5.74) is 8.40. The van der Waals surface area contributed by atoms with Crippen molar-refractivity contribution >= 4 is 23.9 Å². The third kappa shape index (κ3) is 3.35. The first-order valence-corrected chi connectivity index (χ1v) is 6.70. The van der Waals surface area contributed by atoms with Crippen LogP contribution in [-0.2, 0) is 0 Å². The third-order valence-electron chi connectivity index (χ3n) is 3.09. The number of hydrogen-bond acceptors (Lipinski definition) is 3. The second kappa shape index (κ2) is 6.62. The summed E-state index contributed by atoms with van der Waals surface area (Å²) in [7, 11) is 0. The van der Waals surface area contributed by atoms with Crippen LogP contribution >= 0.6 is 0 Å². The Morgan fingerprint density at radius 3 is 2.45 bits per heavy atom. The summed E-state index contributed by atoms with van der Waals surface area (Å²) in [6, 6.07) is 10.3. The number of para-hydroxylation sites is 1. The zero-order valence-corrected chi connectivity index (χ0v) is 12.4. The van der Waals surface area contributed by atoms with Crippen molar-refractivity contribution in [2.75, 3.05) is 4.90 Å². The van der Waals surface area contributed by atoms with Gasteiger partial charge in [0.25, 0.3) is 0 Å². The van der Waals surface area contributed by atoms with Crippen LogP contribution in [0.3, 0.4) is 0 Å². The predicted molar refractivity (Wildman–Crippen MR) is 87.5 cm³/mol. The second-order valence-corrected chi connectivity index (χ2v) is 4.76. The number of amides is 2. The van der Waals surface area contributed by atoms with Crippen molar-refractivity contribution in [3.63, 3.8) is 0 Å². The number of nitrogens with two attached hydrogens (primary N) is 1. The van der Waals surface area contributed by atoms with Crippen molar-refractivity contribution in [1.82, 2.24) is 4.98 Å². The summed E-state index contributed by atoms with van der Waals surface area (Å²) < 4.78 is 0. The molecule has 0 unspecified atom stereocenters. The molecule has 0 fully saturated rings. The molecule has 2 rings (SSSR count). The van der Waals surface area contributed by atoms with E-state index in [0.29, 0.717) is 11.4 Å². The number of nitrogens with one attached hydrogen (secondary N) is 1. The molecule has 1 aromatic heterocycles. The molecule has 0 saturated carbocycles. The fourth-order valence-electron chi connectivity index (χ4n) is 2.11. The van der Waals surface area contributed by atoms with Gasteiger partial charge in [0, 0.05) is 6.20 Å². The molecule has 0 aliphatic carbocycles. The summed E-state index contributed by atoms with van der Waals surface area (Å²) in [5, 5.41) is 7.69. The van der Waals surface area contributed by atoms with E-state index in [-0.39, 0.29) is 5.96 Å². The number of aromatic nitrogens is 1. The highest BCUT2D eigenvalue weighted by atomic mass is 16.2. The maximum atomic E-state index is 12.3. The molecule has 2 aromatic rings. The van der Waals surface area contributed by atoms with Gasteiger partial charge < -0.3 is 5.73 Å². The number of hydrogen-bond donors (Lipinski definition) is 2. The standard InChI is InChI=1S/C16H17N5O/c1-11-6-5-7-12(2)14(11)21(15(17)18)16(22)20-10-13-8-3-4-9-19-13/h3-10H,1-2H3,(H3,17,18). The van der Waals surface area contributed by atoms with Gasteiger partial charge in [0.1, 0.15) is 0 Å². The SMILES string of the molecule is Cc1cccc(C)c1N(C(=N)N)C(=O)N=Cc1ccccn1. The lowest BCUT2D eigenvalue weighted by Gasteiger charge is -2.22. The number of rotatable bonds is 2. The molecular weight excluding hydrogens is 278 g/mol. The molecule has 1 heterocycles. The molecule has 0 saturated heterocycles. The Balaban J connectivity index is 2.35. The molecule has 0 spiro atoms. The van der Waals surface area contributed by atoms with Gasteiger partial charge in [-0.1, -0.05) is 24.3 Å². The molecule has 0 atom stereocenters. The molecule has 0 aliphatic rings. The van der Waals surface area contributed by atoms with E-state index >= 15 is 0 Å². The number of pyridine rings is 1. The van der Waals surface area contributed by atoms with E-state index in [1.807, 2.05) is 32.0 Å². The van der Waals surface area contributed by atoms with E-state index < -0.39 is 6.03 Å².